The molecule has 17 heavy (non-hydrogen) atoms. The van der Waals surface area contributed by atoms with E-state index >= 15 is 0 Å². The lowest BCUT2D eigenvalue weighted by Gasteiger charge is -2.09. The van der Waals surface area contributed by atoms with Gasteiger partial charge in [0.15, 0.2) is 5.43 Å². The van der Waals surface area contributed by atoms with Crippen molar-refractivity contribution >= 4 is 28.5 Å². The second-order valence-electron chi connectivity index (χ2n) is 3.82. The van der Waals surface area contributed by atoms with Crippen LogP contribution in [-0.2, 0) is 11.3 Å². The van der Waals surface area contributed by atoms with Gasteiger partial charge in [0, 0.05) is 22.7 Å². The number of carbonyl (C=O) groups is 1. The van der Waals surface area contributed by atoms with Crippen LogP contribution in [0.15, 0.2) is 29.2 Å². The molecule has 0 aliphatic heterocycles. The quantitative estimate of drug-likeness (QED) is 0.889. The molecule has 1 heterocycles. The monoisotopic (exact) mass is 251 g/mol. The molecule has 2 rings (SSSR count). The summed E-state index contributed by atoms with van der Waals surface area (Å²) in [5, 5.41) is 9.79. The maximum absolute atomic E-state index is 11.7. The third-order valence-electron chi connectivity index (χ3n) is 2.56. The number of halogens is 1. The van der Waals surface area contributed by atoms with Gasteiger partial charge in [0.25, 0.3) is 0 Å². The van der Waals surface area contributed by atoms with Crippen LogP contribution in [0.25, 0.3) is 10.9 Å². The van der Waals surface area contributed by atoms with E-state index in [-0.39, 0.29) is 12.0 Å². The van der Waals surface area contributed by atoms with Gasteiger partial charge in [-0.2, -0.15) is 0 Å². The summed E-state index contributed by atoms with van der Waals surface area (Å²) in [4.78, 5) is 22.4. The van der Waals surface area contributed by atoms with Gasteiger partial charge in [0.2, 0.25) is 0 Å². The molecule has 0 atom stereocenters. The number of aromatic nitrogens is 1. The van der Waals surface area contributed by atoms with Crippen molar-refractivity contribution < 1.29 is 9.90 Å². The third kappa shape index (κ3) is 2.17. The molecule has 0 unspecified atom stereocenters. The van der Waals surface area contributed by atoms with Gasteiger partial charge in [-0.25, -0.2) is 0 Å². The van der Waals surface area contributed by atoms with Crippen molar-refractivity contribution in [3.8, 4) is 0 Å². The van der Waals surface area contributed by atoms with Crippen LogP contribution < -0.4 is 5.43 Å². The highest BCUT2D eigenvalue weighted by Gasteiger charge is 2.08. The summed E-state index contributed by atoms with van der Waals surface area (Å²) in [5.41, 5.74) is 1.20. The zero-order valence-electron chi connectivity index (χ0n) is 9.11. The minimum absolute atomic E-state index is 0.138. The molecule has 5 heteroatoms. The van der Waals surface area contributed by atoms with Crippen LogP contribution in [-0.4, -0.2) is 15.6 Å². The molecule has 0 aliphatic carbocycles. The topological polar surface area (TPSA) is 59.3 Å². The molecule has 0 fully saturated rings. The molecule has 0 bridgehead atoms. The molecule has 1 N–H and O–H groups in total. The number of hydrogen-bond acceptors (Lipinski definition) is 2. The number of hydrogen-bond donors (Lipinski definition) is 1. The minimum atomic E-state index is -0.966. The number of carboxylic acid groups (broad SMARTS) is 1. The maximum Gasteiger partial charge on any atom is 0.323 e. The lowest BCUT2D eigenvalue weighted by atomic mass is 10.1. The van der Waals surface area contributed by atoms with Crippen molar-refractivity contribution in [1.29, 1.82) is 0 Å². The molecule has 0 aliphatic rings. The van der Waals surface area contributed by atoms with Gasteiger partial charge >= 0.3 is 5.97 Å². The second kappa shape index (κ2) is 4.22. The summed E-state index contributed by atoms with van der Waals surface area (Å²) >= 11 is 5.99. The molecule has 2 aromatic rings. The Morgan fingerprint density at radius 1 is 1.47 bits per heavy atom. The number of pyridine rings is 1. The van der Waals surface area contributed by atoms with Crippen LogP contribution in [0.3, 0.4) is 0 Å². The molecule has 0 saturated carbocycles. The van der Waals surface area contributed by atoms with Crippen LogP contribution in [0.1, 0.15) is 5.56 Å². The van der Waals surface area contributed by atoms with E-state index in [1.54, 1.807) is 19.1 Å². The molecule has 0 spiro atoms. The number of nitrogens with zero attached hydrogens (tertiary/aromatic N) is 1. The fourth-order valence-electron chi connectivity index (χ4n) is 1.72. The van der Waals surface area contributed by atoms with Gasteiger partial charge in [-0.3, -0.25) is 9.59 Å². The summed E-state index contributed by atoms with van der Waals surface area (Å²) in [6, 6.07) is 4.66. The first-order chi connectivity index (χ1) is 7.99. The molecule has 0 saturated heterocycles. The molecule has 4 nitrogen and oxygen atoms in total. The van der Waals surface area contributed by atoms with E-state index in [4.69, 9.17) is 16.7 Å². The Morgan fingerprint density at radius 2 is 2.18 bits per heavy atom. The lowest BCUT2D eigenvalue weighted by Crippen LogP contribution is -2.13. The van der Waals surface area contributed by atoms with Crippen LogP contribution in [0, 0.1) is 6.92 Å². The van der Waals surface area contributed by atoms with E-state index in [2.05, 4.69) is 0 Å². The zero-order valence-corrected chi connectivity index (χ0v) is 9.86. The fourth-order valence-corrected chi connectivity index (χ4v) is 1.88. The molecule has 0 amide bonds. The third-order valence-corrected chi connectivity index (χ3v) is 2.97. The molecule has 88 valence electrons. The maximum atomic E-state index is 11.7. The average Bonchev–Trinajstić information content (AvgIpc) is 2.25. The Balaban J connectivity index is 2.79. The first kappa shape index (κ1) is 11.7. The van der Waals surface area contributed by atoms with Crippen molar-refractivity contribution in [3.63, 3.8) is 0 Å². The van der Waals surface area contributed by atoms with Gasteiger partial charge in [0.1, 0.15) is 6.54 Å². The molecular weight excluding hydrogens is 242 g/mol. The van der Waals surface area contributed by atoms with Gasteiger partial charge in [0.05, 0.1) is 5.52 Å². The van der Waals surface area contributed by atoms with Crippen LogP contribution >= 0.6 is 11.6 Å². The van der Waals surface area contributed by atoms with E-state index in [1.807, 2.05) is 0 Å². The Hall–Kier alpha value is -1.81. The van der Waals surface area contributed by atoms with Crippen LogP contribution in [0.4, 0.5) is 0 Å². The molecule has 0 radical (unpaired) electrons. The predicted molar refractivity (Wildman–Crippen MR) is 65.6 cm³/mol. The summed E-state index contributed by atoms with van der Waals surface area (Å²) in [5.74, 6) is -0.966. The predicted octanol–water partition coefficient (Wildman–Crippen LogP) is 2.05. The number of benzene rings is 1. The normalized spacial score (nSPS) is 10.7. The SMILES string of the molecule is Cc1cc2c(=O)ccn(CC(=O)O)c2cc1Cl. The minimum Gasteiger partial charge on any atom is -0.480 e. The Bertz CT molecular complexity index is 661. The van der Waals surface area contributed by atoms with Gasteiger partial charge < -0.3 is 9.67 Å². The van der Waals surface area contributed by atoms with E-state index in [1.165, 1.54) is 16.8 Å². The van der Waals surface area contributed by atoms with Crippen molar-refractivity contribution in [1.82, 2.24) is 4.57 Å². The average molecular weight is 252 g/mol. The fraction of sp³-hybridized carbons (Fsp3) is 0.167. The number of aliphatic carboxylic acids is 1. The highest BCUT2D eigenvalue weighted by molar-refractivity contribution is 6.32. The highest BCUT2D eigenvalue weighted by Crippen LogP contribution is 2.21. The second-order valence-corrected chi connectivity index (χ2v) is 4.23. The summed E-state index contributed by atoms with van der Waals surface area (Å²) in [7, 11) is 0. The Kier molecular flexibility index (Phi) is 2.90. The smallest absolute Gasteiger partial charge is 0.323 e. The molecule has 1 aromatic heterocycles. The largest absolute Gasteiger partial charge is 0.480 e. The molecule has 1 aromatic carbocycles. The van der Waals surface area contributed by atoms with Crippen LogP contribution in [0.5, 0.6) is 0 Å². The Labute approximate surface area is 102 Å². The van der Waals surface area contributed by atoms with Crippen molar-refractivity contribution in [2.45, 2.75) is 13.5 Å². The van der Waals surface area contributed by atoms with Gasteiger partial charge in [-0.1, -0.05) is 11.6 Å². The standard InChI is InChI=1S/C12H10ClNO3/c1-7-4-8-10(5-9(7)13)14(6-12(16)17)3-2-11(8)15/h2-5H,6H2,1H3,(H,16,17). The highest BCUT2D eigenvalue weighted by atomic mass is 35.5. The van der Waals surface area contributed by atoms with Crippen LogP contribution in [0.2, 0.25) is 5.02 Å². The number of rotatable bonds is 2. The van der Waals surface area contributed by atoms with E-state index in [9.17, 15) is 9.59 Å². The van der Waals surface area contributed by atoms with E-state index in [0.29, 0.717) is 15.9 Å². The van der Waals surface area contributed by atoms with Gasteiger partial charge in [-0.15, -0.1) is 0 Å². The number of aryl methyl sites for hydroxylation is 1. The summed E-state index contributed by atoms with van der Waals surface area (Å²) in [6.07, 6.45) is 1.46. The zero-order chi connectivity index (χ0) is 12.6. The Morgan fingerprint density at radius 3 is 2.82 bits per heavy atom. The first-order valence-corrected chi connectivity index (χ1v) is 5.38. The number of carboxylic acids is 1. The van der Waals surface area contributed by atoms with E-state index in [0.717, 1.165) is 5.56 Å². The van der Waals surface area contributed by atoms with Crippen molar-refractivity contribution in [2.24, 2.45) is 0 Å². The first-order valence-electron chi connectivity index (χ1n) is 5.00. The number of fused-ring (bicyclic) bond motifs is 1. The van der Waals surface area contributed by atoms with Crippen molar-refractivity contribution in [3.05, 3.63) is 45.2 Å². The summed E-state index contributed by atoms with van der Waals surface area (Å²) < 4.78 is 1.49. The summed E-state index contributed by atoms with van der Waals surface area (Å²) in [6.45, 7) is 1.60. The van der Waals surface area contributed by atoms with Crippen molar-refractivity contribution in [2.75, 3.05) is 0 Å². The molecular formula is C12H10ClNO3. The lowest BCUT2D eigenvalue weighted by molar-refractivity contribution is -0.137. The van der Waals surface area contributed by atoms with E-state index < -0.39 is 5.97 Å². The van der Waals surface area contributed by atoms with Gasteiger partial charge in [-0.05, 0) is 24.6 Å².